The van der Waals surface area contributed by atoms with Gasteiger partial charge in [0.2, 0.25) is 0 Å². The van der Waals surface area contributed by atoms with Crippen LogP contribution in [0.4, 0.5) is 0 Å². The van der Waals surface area contributed by atoms with E-state index in [2.05, 4.69) is 6.92 Å². The maximum atomic E-state index is 6.07. The van der Waals surface area contributed by atoms with Gasteiger partial charge in [0.05, 0.1) is 11.3 Å². The van der Waals surface area contributed by atoms with E-state index >= 15 is 0 Å². The molecule has 96 valence electrons. The normalized spacial score (nSPS) is 10.8. The lowest BCUT2D eigenvalue weighted by molar-refractivity contribution is 0.306. The van der Waals surface area contributed by atoms with Crippen molar-refractivity contribution in [3.63, 3.8) is 0 Å². The molecule has 0 saturated carbocycles. The van der Waals surface area contributed by atoms with Gasteiger partial charge in [-0.25, -0.2) is 0 Å². The van der Waals surface area contributed by atoms with Gasteiger partial charge in [-0.2, -0.15) is 0 Å². The van der Waals surface area contributed by atoms with Crippen LogP contribution in [0.1, 0.15) is 11.1 Å². The summed E-state index contributed by atoms with van der Waals surface area (Å²) in [6.45, 7) is 2.52. The Kier molecular flexibility index (Phi) is 3.18. The number of benzene rings is 2. The van der Waals surface area contributed by atoms with Crippen molar-refractivity contribution in [2.75, 3.05) is 0 Å². The van der Waals surface area contributed by atoms with Crippen molar-refractivity contribution in [1.82, 2.24) is 0 Å². The van der Waals surface area contributed by atoms with Crippen molar-refractivity contribution in [2.45, 2.75) is 13.5 Å². The van der Waals surface area contributed by atoms with Crippen LogP contribution in [0.15, 0.2) is 53.1 Å². The molecule has 2 nitrogen and oxygen atoms in total. The predicted octanol–water partition coefficient (Wildman–Crippen LogP) is 4.97. The van der Waals surface area contributed by atoms with Gasteiger partial charge in [-0.15, -0.1) is 0 Å². The minimum absolute atomic E-state index is 0.469. The fraction of sp³-hybridized carbons (Fsp3) is 0.125. The summed E-state index contributed by atoms with van der Waals surface area (Å²) in [4.78, 5) is 0. The zero-order valence-electron chi connectivity index (χ0n) is 10.5. The highest BCUT2D eigenvalue weighted by Crippen LogP contribution is 2.28. The predicted molar refractivity (Wildman–Crippen MR) is 76.7 cm³/mol. The molecule has 0 N–H and O–H groups in total. The Morgan fingerprint density at radius 1 is 1.11 bits per heavy atom. The Balaban J connectivity index is 1.82. The fourth-order valence-electron chi connectivity index (χ4n) is 1.98. The van der Waals surface area contributed by atoms with Crippen molar-refractivity contribution in [1.29, 1.82) is 0 Å². The van der Waals surface area contributed by atoms with Crippen LogP contribution in [0.3, 0.4) is 0 Å². The highest BCUT2D eigenvalue weighted by Gasteiger charge is 2.08. The molecule has 0 aliphatic carbocycles. The number of furan rings is 1. The van der Waals surface area contributed by atoms with E-state index in [0.29, 0.717) is 17.2 Å². The first-order valence-corrected chi connectivity index (χ1v) is 6.46. The van der Waals surface area contributed by atoms with Crippen LogP contribution < -0.4 is 4.74 Å². The van der Waals surface area contributed by atoms with Crippen molar-refractivity contribution >= 4 is 22.6 Å². The van der Waals surface area contributed by atoms with Gasteiger partial charge in [0.15, 0.2) is 5.58 Å². The zero-order chi connectivity index (χ0) is 13.2. The first kappa shape index (κ1) is 12.1. The summed E-state index contributed by atoms with van der Waals surface area (Å²) in [5.74, 6) is 0.849. The Morgan fingerprint density at radius 3 is 2.68 bits per heavy atom. The van der Waals surface area contributed by atoms with Gasteiger partial charge in [0.25, 0.3) is 0 Å². The van der Waals surface area contributed by atoms with Crippen LogP contribution in [0.2, 0.25) is 5.02 Å². The molecular formula is C16H13ClO2. The summed E-state index contributed by atoms with van der Waals surface area (Å²) >= 11 is 6.07. The summed E-state index contributed by atoms with van der Waals surface area (Å²) in [6, 6.07) is 13.7. The van der Waals surface area contributed by atoms with Gasteiger partial charge in [0.1, 0.15) is 12.4 Å². The van der Waals surface area contributed by atoms with Crippen molar-refractivity contribution in [3.05, 3.63) is 64.9 Å². The smallest absolute Gasteiger partial charge is 0.152 e. The number of ether oxygens (including phenoxy) is 1. The molecule has 0 fully saturated rings. The number of halogens is 1. The number of rotatable bonds is 3. The Bertz CT molecular complexity index is 698. The number of fused-ring (bicyclic) bond motifs is 1. The molecule has 1 heterocycles. The second-order valence-electron chi connectivity index (χ2n) is 4.48. The third kappa shape index (κ3) is 2.45. The summed E-state index contributed by atoms with van der Waals surface area (Å²) in [5.41, 5.74) is 2.93. The quantitative estimate of drug-likeness (QED) is 0.671. The molecule has 0 bridgehead atoms. The molecule has 19 heavy (non-hydrogen) atoms. The molecule has 1 aromatic heterocycles. The molecule has 0 amide bonds. The minimum Gasteiger partial charge on any atom is -0.489 e. The van der Waals surface area contributed by atoms with Gasteiger partial charge in [-0.1, -0.05) is 41.4 Å². The molecule has 0 spiro atoms. The van der Waals surface area contributed by atoms with E-state index in [1.165, 1.54) is 5.56 Å². The van der Waals surface area contributed by atoms with Crippen LogP contribution in [0, 0.1) is 6.92 Å². The van der Waals surface area contributed by atoms with Gasteiger partial charge in [0, 0.05) is 10.9 Å². The fourth-order valence-corrected chi connectivity index (χ4v) is 2.20. The van der Waals surface area contributed by atoms with Crippen LogP contribution in [0.5, 0.6) is 5.75 Å². The van der Waals surface area contributed by atoms with E-state index in [9.17, 15) is 0 Å². The van der Waals surface area contributed by atoms with E-state index in [-0.39, 0.29) is 0 Å². The second kappa shape index (κ2) is 4.98. The SMILES string of the molecule is Cc1ccc(OCc2coc3c(Cl)cccc23)cc1. The van der Waals surface area contributed by atoms with Gasteiger partial charge in [-0.05, 0) is 25.1 Å². The maximum Gasteiger partial charge on any atom is 0.152 e. The molecule has 0 aliphatic heterocycles. The lowest BCUT2D eigenvalue weighted by atomic mass is 10.2. The lowest BCUT2D eigenvalue weighted by Gasteiger charge is -2.05. The summed E-state index contributed by atoms with van der Waals surface area (Å²) in [5, 5.41) is 1.62. The second-order valence-corrected chi connectivity index (χ2v) is 4.89. The lowest BCUT2D eigenvalue weighted by Crippen LogP contribution is -1.94. The third-order valence-electron chi connectivity index (χ3n) is 3.05. The average Bonchev–Trinajstić information content (AvgIpc) is 2.83. The van der Waals surface area contributed by atoms with E-state index in [4.69, 9.17) is 20.8 Å². The summed E-state index contributed by atoms with van der Waals surface area (Å²) in [7, 11) is 0. The molecule has 0 atom stereocenters. The highest BCUT2D eigenvalue weighted by molar-refractivity contribution is 6.34. The summed E-state index contributed by atoms with van der Waals surface area (Å²) in [6.07, 6.45) is 1.70. The molecule has 3 aromatic rings. The van der Waals surface area contributed by atoms with E-state index in [1.807, 2.05) is 42.5 Å². The zero-order valence-corrected chi connectivity index (χ0v) is 11.3. The van der Waals surface area contributed by atoms with Crippen LogP contribution >= 0.6 is 11.6 Å². The highest BCUT2D eigenvalue weighted by atomic mass is 35.5. The molecule has 3 rings (SSSR count). The van der Waals surface area contributed by atoms with Crippen LogP contribution in [-0.4, -0.2) is 0 Å². The van der Waals surface area contributed by atoms with Crippen molar-refractivity contribution in [3.8, 4) is 5.75 Å². The van der Waals surface area contributed by atoms with E-state index in [0.717, 1.165) is 16.7 Å². The molecule has 0 unspecified atom stereocenters. The number of hydrogen-bond donors (Lipinski definition) is 0. The molecule has 2 aromatic carbocycles. The topological polar surface area (TPSA) is 22.4 Å². The summed E-state index contributed by atoms with van der Waals surface area (Å²) < 4.78 is 11.2. The van der Waals surface area contributed by atoms with Gasteiger partial charge < -0.3 is 9.15 Å². The number of para-hydroxylation sites is 1. The maximum absolute atomic E-state index is 6.07. The Hall–Kier alpha value is -1.93. The minimum atomic E-state index is 0.469. The Morgan fingerprint density at radius 2 is 1.89 bits per heavy atom. The van der Waals surface area contributed by atoms with Crippen molar-refractivity contribution < 1.29 is 9.15 Å². The Labute approximate surface area is 116 Å². The van der Waals surface area contributed by atoms with E-state index in [1.54, 1.807) is 6.26 Å². The third-order valence-corrected chi connectivity index (χ3v) is 3.34. The van der Waals surface area contributed by atoms with Crippen LogP contribution in [-0.2, 0) is 6.61 Å². The first-order valence-electron chi connectivity index (χ1n) is 6.08. The molecule has 0 radical (unpaired) electrons. The van der Waals surface area contributed by atoms with Gasteiger partial charge >= 0.3 is 0 Å². The first-order chi connectivity index (χ1) is 9.24. The standard InChI is InChI=1S/C16H13ClO2/c1-11-5-7-13(8-6-11)18-9-12-10-19-16-14(12)3-2-4-15(16)17/h2-8,10H,9H2,1H3. The van der Waals surface area contributed by atoms with Crippen LogP contribution in [0.25, 0.3) is 11.0 Å². The number of hydrogen-bond acceptors (Lipinski definition) is 2. The van der Waals surface area contributed by atoms with E-state index < -0.39 is 0 Å². The van der Waals surface area contributed by atoms with Gasteiger partial charge in [-0.3, -0.25) is 0 Å². The molecule has 3 heteroatoms. The number of aryl methyl sites for hydroxylation is 1. The van der Waals surface area contributed by atoms with Crippen molar-refractivity contribution in [2.24, 2.45) is 0 Å². The monoisotopic (exact) mass is 272 g/mol. The largest absolute Gasteiger partial charge is 0.489 e. The average molecular weight is 273 g/mol. The molecule has 0 saturated heterocycles. The molecular weight excluding hydrogens is 260 g/mol. The molecule has 0 aliphatic rings.